The van der Waals surface area contributed by atoms with Crippen molar-refractivity contribution in [3.05, 3.63) is 71.3 Å². The Labute approximate surface area is 193 Å². The van der Waals surface area contributed by atoms with E-state index in [9.17, 15) is 5.11 Å². The molecular weight excluding hydrogens is 420 g/mol. The van der Waals surface area contributed by atoms with Crippen LogP contribution in [0.2, 0.25) is 13.1 Å². The van der Waals surface area contributed by atoms with Crippen molar-refractivity contribution in [3.8, 4) is 0 Å². The molecule has 6 heteroatoms. The molecule has 0 aliphatic heterocycles. The number of hydrogen-bond donors (Lipinski definition) is 1. The Balaban J connectivity index is 2.44. The molecule has 4 radical (unpaired) electrons. The fourth-order valence-electron chi connectivity index (χ4n) is 3.72. The molecule has 0 saturated carbocycles. The van der Waals surface area contributed by atoms with Crippen molar-refractivity contribution in [2.24, 2.45) is 11.3 Å². The summed E-state index contributed by atoms with van der Waals surface area (Å²) in [6, 6.07) is 18.3. The highest BCUT2D eigenvalue weighted by Gasteiger charge is 2.46. The zero-order chi connectivity index (χ0) is 22.9. The molecule has 0 bridgehead atoms. The van der Waals surface area contributed by atoms with Gasteiger partial charge in [-0.2, -0.15) is 0 Å². The van der Waals surface area contributed by atoms with Crippen molar-refractivity contribution in [1.29, 1.82) is 0 Å². The monoisotopic (exact) mass is 456 g/mol. The molecule has 2 rings (SSSR count). The molecule has 0 spiro atoms. The molecule has 4 nitrogen and oxygen atoms in total. The molecule has 0 aromatic heterocycles. The van der Waals surface area contributed by atoms with Crippen LogP contribution in [-0.4, -0.2) is 36.7 Å². The van der Waals surface area contributed by atoms with Crippen LogP contribution < -0.4 is 0 Å². The minimum atomic E-state index is -1.32. The third kappa shape index (κ3) is 7.97. The van der Waals surface area contributed by atoms with Gasteiger partial charge in [-0.3, -0.25) is 0 Å². The van der Waals surface area contributed by atoms with Crippen LogP contribution >= 0.6 is 0 Å². The van der Waals surface area contributed by atoms with E-state index in [1.165, 1.54) is 11.1 Å². The molecular formula is C25H36O4Si2. The van der Waals surface area contributed by atoms with Gasteiger partial charge in [0.1, 0.15) is 0 Å². The van der Waals surface area contributed by atoms with Gasteiger partial charge >= 0.3 is 0 Å². The first-order valence-corrected chi connectivity index (χ1v) is 13.6. The Hall–Kier alpha value is -1.29. The normalized spacial score (nSPS) is 14.4. The second-order valence-electron chi connectivity index (χ2n) is 9.06. The van der Waals surface area contributed by atoms with Crippen molar-refractivity contribution in [1.82, 2.24) is 0 Å². The maximum atomic E-state index is 11.4. The topological polar surface area (TPSA) is 47.9 Å². The zero-order valence-corrected chi connectivity index (χ0v) is 21.6. The van der Waals surface area contributed by atoms with Gasteiger partial charge in [-0.15, -0.1) is 0 Å². The van der Waals surface area contributed by atoms with Crippen LogP contribution in [0.25, 0.3) is 0 Å². The van der Waals surface area contributed by atoms with E-state index in [4.69, 9.17) is 13.6 Å². The zero-order valence-electron chi connectivity index (χ0n) is 19.6. The van der Waals surface area contributed by atoms with Gasteiger partial charge in [0.25, 0.3) is 5.97 Å². The number of rotatable bonds is 12. The van der Waals surface area contributed by atoms with E-state index in [0.717, 1.165) is 5.56 Å². The lowest BCUT2D eigenvalue weighted by Gasteiger charge is -2.43. The summed E-state index contributed by atoms with van der Waals surface area (Å²) in [6.45, 7) is 12.8. The molecule has 2 aromatic carbocycles. The average molecular weight is 457 g/mol. The summed E-state index contributed by atoms with van der Waals surface area (Å²) in [4.78, 5) is 0. The van der Waals surface area contributed by atoms with Crippen LogP contribution in [0.4, 0.5) is 0 Å². The van der Waals surface area contributed by atoms with E-state index in [0.29, 0.717) is 19.4 Å². The lowest BCUT2D eigenvalue weighted by molar-refractivity contribution is -0.351. The van der Waals surface area contributed by atoms with Crippen LogP contribution in [0.5, 0.6) is 0 Å². The molecule has 2 aromatic rings. The summed E-state index contributed by atoms with van der Waals surface area (Å²) in [5.41, 5.74) is 3.35. The van der Waals surface area contributed by atoms with Crippen molar-refractivity contribution < 1.29 is 18.7 Å². The van der Waals surface area contributed by atoms with Crippen LogP contribution in [0.15, 0.2) is 54.6 Å². The maximum Gasteiger partial charge on any atom is 0.269 e. The van der Waals surface area contributed by atoms with Crippen molar-refractivity contribution in [3.63, 3.8) is 0 Å². The number of benzene rings is 2. The molecule has 2 atom stereocenters. The van der Waals surface area contributed by atoms with E-state index in [-0.39, 0.29) is 30.9 Å². The van der Waals surface area contributed by atoms with E-state index in [1.807, 2.05) is 55.6 Å². The van der Waals surface area contributed by atoms with Crippen molar-refractivity contribution >= 4 is 19.5 Å². The summed E-state index contributed by atoms with van der Waals surface area (Å²) >= 11 is 0. The predicted molar refractivity (Wildman–Crippen MR) is 128 cm³/mol. The quantitative estimate of drug-likeness (QED) is 0.353. The van der Waals surface area contributed by atoms with Crippen LogP contribution in [-0.2, 0) is 26.6 Å². The first-order chi connectivity index (χ1) is 14.7. The predicted octanol–water partition coefficient (Wildman–Crippen LogP) is 5.19. The van der Waals surface area contributed by atoms with Crippen LogP contribution in [0, 0.1) is 18.3 Å². The second-order valence-corrected chi connectivity index (χ2v) is 10.3. The minimum Gasteiger partial charge on any atom is -0.392 e. The lowest BCUT2D eigenvalue weighted by atomic mass is 9.81. The second kappa shape index (κ2) is 12.1. The molecule has 1 N–H and O–H groups in total. The Bertz CT molecular complexity index is 771. The Morgan fingerprint density at radius 1 is 0.903 bits per heavy atom. The number of hydrogen-bond acceptors (Lipinski definition) is 4. The molecule has 0 unspecified atom stereocenters. The average Bonchev–Trinajstić information content (AvgIpc) is 2.71. The maximum absolute atomic E-state index is 11.4. The molecule has 0 aliphatic rings. The molecule has 0 saturated heterocycles. The first kappa shape index (κ1) is 26.0. The van der Waals surface area contributed by atoms with Gasteiger partial charge in [-0.25, -0.2) is 0 Å². The SMILES string of the molecule is C[Si]OC(OCc1ccccc1)(O[Si]C)[C@H](Cc1ccccc1C)[C@H](O)CC(C)(C)C. The summed E-state index contributed by atoms with van der Waals surface area (Å²) in [5.74, 6) is -1.69. The van der Waals surface area contributed by atoms with E-state index < -0.39 is 12.1 Å². The van der Waals surface area contributed by atoms with E-state index in [1.54, 1.807) is 0 Å². The number of ether oxygens (including phenoxy) is 1. The highest BCUT2D eigenvalue weighted by Crippen LogP contribution is 2.37. The van der Waals surface area contributed by atoms with Crippen LogP contribution in [0.3, 0.4) is 0 Å². The van der Waals surface area contributed by atoms with Crippen molar-refractivity contribution in [2.75, 3.05) is 0 Å². The van der Waals surface area contributed by atoms with Crippen LogP contribution in [0.1, 0.15) is 43.9 Å². The molecule has 31 heavy (non-hydrogen) atoms. The molecule has 0 fully saturated rings. The Kier molecular flexibility index (Phi) is 10.1. The Morgan fingerprint density at radius 2 is 1.48 bits per heavy atom. The number of aryl methyl sites for hydroxylation is 1. The van der Waals surface area contributed by atoms with Gasteiger partial charge in [-0.05, 0) is 55.0 Å². The van der Waals surface area contributed by atoms with Crippen molar-refractivity contribution in [2.45, 2.75) is 72.3 Å². The standard InChI is InChI=1S/C25H36O4Si2/c1-19-12-10-11-15-21(19)16-22(23(26)17-24(2,3)4)25(28-30-5,29-31-6)27-18-20-13-8-7-9-14-20/h7-15,22-23,26H,16-18H2,1-6H3/t22-,23-/m1/s1. The number of aliphatic hydroxyl groups is 1. The third-order valence-electron chi connectivity index (χ3n) is 5.21. The largest absolute Gasteiger partial charge is 0.392 e. The van der Waals surface area contributed by atoms with Gasteiger partial charge in [0, 0.05) is 0 Å². The van der Waals surface area contributed by atoms with E-state index in [2.05, 4.69) is 39.8 Å². The first-order valence-electron chi connectivity index (χ1n) is 10.8. The summed E-state index contributed by atoms with van der Waals surface area (Å²) < 4.78 is 18.9. The summed E-state index contributed by atoms with van der Waals surface area (Å²) in [5, 5.41) is 11.4. The fourth-order valence-corrected chi connectivity index (χ4v) is 4.88. The highest BCUT2D eigenvalue weighted by atomic mass is 28.2. The molecule has 0 heterocycles. The van der Waals surface area contributed by atoms with Gasteiger partial charge < -0.3 is 18.7 Å². The number of aliphatic hydroxyl groups excluding tert-OH is 1. The molecule has 168 valence electrons. The minimum absolute atomic E-state index is 0.0441. The van der Waals surface area contributed by atoms with Gasteiger partial charge in [0.15, 0.2) is 0 Å². The third-order valence-corrected chi connectivity index (χ3v) is 6.19. The van der Waals surface area contributed by atoms with E-state index >= 15 is 0 Å². The highest BCUT2D eigenvalue weighted by molar-refractivity contribution is 6.26. The Morgan fingerprint density at radius 3 is 2.03 bits per heavy atom. The molecule has 0 amide bonds. The van der Waals surface area contributed by atoms with Gasteiger partial charge in [0.2, 0.25) is 19.5 Å². The molecule has 0 aliphatic carbocycles. The smallest absolute Gasteiger partial charge is 0.269 e. The fraction of sp³-hybridized carbons (Fsp3) is 0.520. The summed E-state index contributed by atoms with van der Waals surface area (Å²) in [7, 11) is 0.323. The van der Waals surface area contributed by atoms with Gasteiger partial charge in [-0.1, -0.05) is 75.4 Å². The summed E-state index contributed by atoms with van der Waals surface area (Å²) in [6.07, 6.45) is 0.572. The lowest BCUT2D eigenvalue weighted by Crippen LogP contribution is -2.53. The van der Waals surface area contributed by atoms with Gasteiger partial charge in [0.05, 0.1) is 18.6 Å².